The summed E-state index contributed by atoms with van der Waals surface area (Å²) in [6.07, 6.45) is 0.654. The standard InChI is InChI=1S/C12H14FNO/c1-12(15-2,7-8-14)9-10-5-3-4-6-11(10)13/h3-6H,7,9H2,1-2H3. The van der Waals surface area contributed by atoms with Crippen LogP contribution in [0.2, 0.25) is 0 Å². The molecule has 0 radical (unpaired) electrons. The SMILES string of the molecule is COC(C)(CC#N)Cc1ccccc1F. The minimum Gasteiger partial charge on any atom is -0.377 e. The Labute approximate surface area is 89.3 Å². The predicted octanol–water partition coefficient (Wildman–Crippen LogP) is 2.69. The Morgan fingerprint density at radius 1 is 1.47 bits per heavy atom. The summed E-state index contributed by atoms with van der Waals surface area (Å²) in [5.74, 6) is -0.251. The van der Waals surface area contributed by atoms with Crippen molar-refractivity contribution in [3.8, 4) is 6.07 Å². The smallest absolute Gasteiger partial charge is 0.126 e. The van der Waals surface area contributed by atoms with Gasteiger partial charge in [0.25, 0.3) is 0 Å². The molecule has 80 valence electrons. The van der Waals surface area contributed by atoms with Crippen molar-refractivity contribution in [1.29, 1.82) is 5.26 Å². The van der Waals surface area contributed by atoms with Crippen LogP contribution in [0.1, 0.15) is 18.9 Å². The maximum atomic E-state index is 13.4. The molecule has 0 bridgehead atoms. The van der Waals surface area contributed by atoms with Crippen molar-refractivity contribution >= 4 is 0 Å². The highest BCUT2D eigenvalue weighted by Gasteiger charge is 2.25. The third kappa shape index (κ3) is 3.03. The fourth-order valence-corrected chi connectivity index (χ4v) is 1.42. The second-order valence-corrected chi connectivity index (χ2v) is 3.76. The number of rotatable bonds is 4. The van der Waals surface area contributed by atoms with Gasteiger partial charge in [0.15, 0.2) is 0 Å². The second kappa shape index (κ2) is 4.90. The topological polar surface area (TPSA) is 33.0 Å². The molecule has 0 amide bonds. The molecular formula is C12H14FNO. The maximum Gasteiger partial charge on any atom is 0.126 e. The fraction of sp³-hybridized carbons (Fsp3) is 0.417. The Morgan fingerprint density at radius 2 is 2.13 bits per heavy atom. The molecule has 0 saturated carbocycles. The first-order valence-corrected chi connectivity index (χ1v) is 4.77. The molecule has 0 spiro atoms. The van der Waals surface area contributed by atoms with Gasteiger partial charge in [0, 0.05) is 13.5 Å². The van der Waals surface area contributed by atoms with Crippen molar-refractivity contribution < 1.29 is 9.13 Å². The van der Waals surface area contributed by atoms with Crippen LogP contribution in [-0.4, -0.2) is 12.7 Å². The molecule has 1 atom stereocenters. The molecule has 1 aromatic rings. The van der Waals surface area contributed by atoms with E-state index in [-0.39, 0.29) is 12.2 Å². The largest absolute Gasteiger partial charge is 0.377 e. The predicted molar refractivity (Wildman–Crippen MR) is 55.7 cm³/mol. The summed E-state index contributed by atoms with van der Waals surface area (Å²) < 4.78 is 18.6. The molecule has 0 N–H and O–H groups in total. The molecule has 1 rings (SSSR count). The van der Waals surface area contributed by atoms with Crippen LogP contribution in [0.25, 0.3) is 0 Å². The minimum absolute atomic E-state index is 0.248. The number of halogens is 1. The van der Waals surface area contributed by atoms with Gasteiger partial charge in [0.05, 0.1) is 18.1 Å². The number of nitrogens with zero attached hydrogens (tertiary/aromatic N) is 1. The summed E-state index contributed by atoms with van der Waals surface area (Å²) in [5.41, 5.74) is -0.0335. The third-order valence-corrected chi connectivity index (χ3v) is 2.47. The highest BCUT2D eigenvalue weighted by atomic mass is 19.1. The van der Waals surface area contributed by atoms with Gasteiger partial charge in [0.2, 0.25) is 0 Å². The van der Waals surface area contributed by atoms with Crippen molar-refractivity contribution in [2.45, 2.75) is 25.4 Å². The zero-order valence-electron chi connectivity index (χ0n) is 8.96. The Morgan fingerprint density at radius 3 is 2.67 bits per heavy atom. The summed E-state index contributed by atoms with van der Waals surface area (Å²) in [7, 11) is 1.54. The summed E-state index contributed by atoms with van der Waals surface area (Å²) in [5, 5.41) is 8.66. The van der Waals surface area contributed by atoms with Gasteiger partial charge >= 0.3 is 0 Å². The first-order valence-electron chi connectivity index (χ1n) is 4.77. The van der Waals surface area contributed by atoms with E-state index < -0.39 is 5.60 Å². The van der Waals surface area contributed by atoms with Gasteiger partial charge in [-0.25, -0.2) is 4.39 Å². The van der Waals surface area contributed by atoms with Crippen LogP contribution in [0, 0.1) is 17.1 Å². The molecule has 0 saturated heterocycles. The van der Waals surface area contributed by atoms with Gasteiger partial charge in [-0.1, -0.05) is 18.2 Å². The quantitative estimate of drug-likeness (QED) is 0.760. The molecule has 1 aromatic carbocycles. The Bertz CT molecular complexity index is 372. The van der Waals surface area contributed by atoms with Crippen LogP contribution in [0.4, 0.5) is 4.39 Å². The minimum atomic E-state index is -0.614. The monoisotopic (exact) mass is 207 g/mol. The van der Waals surface area contributed by atoms with E-state index in [1.165, 1.54) is 13.2 Å². The average Bonchev–Trinajstić information content (AvgIpc) is 2.22. The average molecular weight is 207 g/mol. The van der Waals surface area contributed by atoms with Crippen LogP contribution < -0.4 is 0 Å². The molecule has 0 aliphatic rings. The maximum absolute atomic E-state index is 13.4. The lowest BCUT2D eigenvalue weighted by atomic mass is 9.93. The molecule has 0 aliphatic carbocycles. The number of methoxy groups -OCH3 is 1. The molecule has 0 fully saturated rings. The lowest BCUT2D eigenvalue weighted by Crippen LogP contribution is -2.30. The molecule has 15 heavy (non-hydrogen) atoms. The van der Waals surface area contributed by atoms with Crippen molar-refractivity contribution in [2.24, 2.45) is 0 Å². The van der Waals surface area contributed by atoms with Gasteiger partial charge in [-0.05, 0) is 18.6 Å². The summed E-state index contributed by atoms with van der Waals surface area (Å²) >= 11 is 0. The third-order valence-electron chi connectivity index (χ3n) is 2.47. The van der Waals surface area contributed by atoms with E-state index in [0.29, 0.717) is 12.0 Å². The van der Waals surface area contributed by atoms with Crippen LogP contribution in [0.5, 0.6) is 0 Å². The molecule has 3 heteroatoms. The highest BCUT2D eigenvalue weighted by molar-refractivity contribution is 5.19. The fourth-order valence-electron chi connectivity index (χ4n) is 1.42. The normalized spacial score (nSPS) is 14.3. The first kappa shape index (κ1) is 11.7. The van der Waals surface area contributed by atoms with Gasteiger partial charge in [0.1, 0.15) is 5.82 Å². The zero-order chi connectivity index (χ0) is 11.3. The van der Waals surface area contributed by atoms with Gasteiger partial charge < -0.3 is 4.74 Å². The number of benzene rings is 1. The molecule has 2 nitrogen and oxygen atoms in total. The summed E-state index contributed by atoms with van der Waals surface area (Å²) in [6.45, 7) is 1.81. The van der Waals surface area contributed by atoms with Crippen molar-refractivity contribution in [1.82, 2.24) is 0 Å². The van der Waals surface area contributed by atoms with Crippen LogP contribution in [0.3, 0.4) is 0 Å². The van der Waals surface area contributed by atoms with Crippen molar-refractivity contribution in [3.05, 3.63) is 35.6 Å². The van der Waals surface area contributed by atoms with E-state index in [1.807, 2.05) is 6.92 Å². The Hall–Kier alpha value is -1.40. The number of hydrogen-bond acceptors (Lipinski definition) is 2. The lowest BCUT2D eigenvalue weighted by Gasteiger charge is -2.25. The van der Waals surface area contributed by atoms with Gasteiger partial charge in [-0.3, -0.25) is 0 Å². The number of hydrogen-bond donors (Lipinski definition) is 0. The summed E-state index contributed by atoms with van der Waals surface area (Å²) in [4.78, 5) is 0. The van der Waals surface area contributed by atoms with Gasteiger partial charge in [-0.15, -0.1) is 0 Å². The van der Waals surface area contributed by atoms with E-state index in [0.717, 1.165) is 0 Å². The number of ether oxygens (including phenoxy) is 1. The second-order valence-electron chi connectivity index (χ2n) is 3.76. The van der Waals surface area contributed by atoms with Crippen LogP contribution in [0.15, 0.2) is 24.3 Å². The van der Waals surface area contributed by atoms with Gasteiger partial charge in [-0.2, -0.15) is 5.26 Å². The molecule has 1 unspecified atom stereocenters. The lowest BCUT2D eigenvalue weighted by molar-refractivity contribution is 0.00986. The summed E-state index contributed by atoms with van der Waals surface area (Å²) in [6, 6.07) is 8.60. The van der Waals surface area contributed by atoms with E-state index >= 15 is 0 Å². The molecule has 0 heterocycles. The van der Waals surface area contributed by atoms with Crippen molar-refractivity contribution in [2.75, 3.05) is 7.11 Å². The Balaban J connectivity index is 2.85. The molecular weight excluding hydrogens is 193 g/mol. The van der Waals surface area contributed by atoms with Crippen molar-refractivity contribution in [3.63, 3.8) is 0 Å². The van der Waals surface area contributed by atoms with E-state index in [1.54, 1.807) is 18.2 Å². The van der Waals surface area contributed by atoms with E-state index in [4.69, 9.17) is 10.00 Å². The number of nitriles is 1. The molecule has 0 aromatic heterocycles. The van der Waals surface area contributed by atoms with E-state index in [2.05, 4.69) is 6.07 Å². The van der Waals surface area contributed by atoms with Crippen LogP contribution in [-0.2, 0) is 11.2 Å². The first-order chi connectivity index (χ1) is 7.11. The van der Waals surface area contributed by atoms with Crippen LogP contribution >= 0.6 is 0 Å². The Kier molecular flexibility index (Phi) is 3.81. The highest BCUT2D eigenvalue weighted by Crippen LogP contribution is 2.21. The zero-order valence-corrected chi connectivity index (χ0v) is 8.96. The molecule has 0 aliphatic heterocycles. The van der Waals surface area contributed by atoms with E-state index in [9.17, 15) is 4.39 Å².